The Morgan fingerprint density at radius 2 is 2.05 bits per heavy atom. The summed E-state index contributed by atoms with van der Waals surface area (Å²) in [4.78, 5) is 14.0. The van der Waals surface area contributed by atoms with Crippen LogP contribution in [-0.4, -0.2) is 42.3 Å². The number of ether oxygens (including phenoxy) is 1. The number of hydrogen-bond acceptors (Lipinski definition) is 3. The second-order valence-electron chi connectivity index (χ2n) is 7.26. The van der Waals surface area contributed by atoms with Gasteiger partial charge in [-0.1, -0.05) is 20.3 Å². The Morgan fingerprint density at radius 3 is 2.65 bits per heavy atom. The summed E-state index contributed by atoms with van der Waals surface area (Å²) in [7, 11) is 0. The van der Waals surface area contributed by atoms with E-state index in [1.54, 1.807) is 0 Å². The van der Waals surface area contributed by atoms with Crippen molar-refractivity contribution in [3.8, 4) is 0 Å². The molecule has 0 spiro atoms. The van der Waals surface area contributed by atoms with E-state index in [0.29, 0.717) is 6.04 Å². The first-order chi connectivity index (χ1) is 9.28. The van der Waals surface area contributed by atoms with Gasteiger partial charge in [-0.3, -0.25) is 0 Å². The first kappa shape index (κ1) is 17.3. The lowest BCUT2D eigenvalue weighted by atomic mass is 10.1. The summed E-state index contributed by atoms with van der Waals surface area (Å²) >= 11 is 0. The number of nitrogens with zero attached hydrogens (tertiary/aromatic N) is 1. The minimum Gasteiger partial charge on any atom is -0.444 e. The molecule has 1 amide bonds. The van der Waals surface area contributed by atoms with E-state index in [-0.39, 0.29) is 6.09 Å². The highest BCUT2D eigenvalue weighted by atomic mass is 16.6. The van der Waals surface area contributed by atoms with Gasteiger partial charge in [0.1, 0.15) is 5.60 Å². The monoisotopic (exact) mass is 284 g/mol. The molecule has 0 aromatic carbocycles. The Morgan fingerprint density at radius 1 is 1.35 bits per heavy atom. The maximum atomic E-state index is 12.2. The summed E-state index contributed by atoms with van der Waals surface area (Å²) in [6.45, 7) is 12.8. The molecule has 0 radical (unpaired) electrons. The second-order valence-corrected chi connectivity index (χ2v) is 7.26. The van der Waals surface area contributed by atoms with Crippen molar-refractivity contribution >= 4 is 6.09 Å². The van der Waals surface area contributed by atoms with Crippen molar-refractivity contribution in [1.29, 1.82) is 0 Å². The number of likely N-dealkylation sites (tertiary alicyclic amines) is 1. The normalized spacial score (nSPS) is 20.9. The summed E-state index contributed by atoms with van der Waals surface area (Å²) in [5.74, 6) is 0.718. The molecule has 0 aromatic heterocycles. The third-order valence-electron chi connectivity index (χ3n) is 3.48. The van der Waals surface area contributed by atoms with E-state index in [1.807, 2.05) is 25.7 Å². The fourth-order valence-corrected chi connectivity index (χ4v) is 2.38. The molecule has 0 bridgehead atoms. The van der Waals surface area contributed by atoms with Gasteiger partial charge in [-0.25, -0.2) is 4.79 Å². The standard InChI is InChI=1S/C16H32N2O2/c1-13(2)9-10-17-14-8-6-7-11-18(12-14)15(19)20-16(3,4)5/h13-14,17H,6-12H2,1-5H3/t14-/m0/s1. The van der Waals surface area contributed by atoms with Crippen LogP contribution >= 0.6 is 0 Å². The topological polar surface area (TPSA) is 41.6 Å². The van der Waals surface area contributed by atoms with E-state index >= 15 is 0 Å². The van der Waals surface area contributed by atoms with Gasteiger partial charge in [-0.2, -0.15) is 0 Å². The molecular weight excluding hydrogens is 252 g/mol. The molecule has 1 rings (SSSR count). The zero-order valence-corrected chi connectivity index (χ0v) is 13.9. The van der Waals surface area contributed by atoms with Crippen molar-refractivity contribution in [2.45, 2.75) is 71.9 Å². The van der Waals surface area contributed by atoms with Gasteiger partial charge in [0.2, 0.25) is 0 Å². The van der Waals surface area contributed by atoms with Gasteiger partial charge in [0, 0.05) is 19.1 Å². The molecule has 0 aliphatic carbocycles. The van der Waals surface area contributed by atoms with Crippen LogP contribution in [0.2, 0.25) is 0 Å². The van der Waals surface area contributed by atoms with Crippen molar-refractivity contribution in [2.24, 2.45) is 5.92 Å². The minimum atomic E-state index is -0.413. The predicted molar refractivity (Wildman–Crippen MR) is 82.9 cm³/mol. The smallest absolute Gasteiger partial charge is 0.410 e. The molecule has 20 heavy (non-hydrogen) atoms. The van der Waals surface area contributed by atoms with E-state index in [2.05, 4.69) is 19.2 Å². The van der Waals surface area contributed by atoms with Crippen LogP contribution in [0.15, 0.2) is 0 Å². The van der Waals surface area contributed by atoms with Gasteiger partial charge in [-0.05, 0) is 52.5 Å². The quantitative estimate of drug-likeness (QED) is 0.860. The third kappa shape index (κ3) is 7.13. The van der Waals surface area contributed by atoms with Crippen molar-refractivity contribution in [3.63, 3.8) is 0 Å². The molecule has 1 N–H and O–H groups in total. The van der Waals surface area contributed by atoms with Crippen LogP contribution in [-0.2, 0) is 4.74 Å². The maximum Gasteiger partial charge on any atom is 0.410 e. The summed E-state index contributed by atoms with van der Waals surface area (Å²) < 4.78 is 5.48. The highest BCUT2D eigenvalue weighted by Gasteiger charge is 2.26. The minimum absolute atomic E-state index is 0.171. The van der Waals surface area contributed by atoms with E-state index in [9.17, 15) is 4.79 Å². The first-order valence-corrected chi connectivity index (χ1v) is 7.99. The second kappa shape index (κ2) is 7.87. The van der Waals surface area contributed by atoms with Gasteiger partial charge >= 0.3 is 6.09 Å². The molecule has 1 fully saturated rings. The van der Waals surface area contributed by atoms with Gasteiger partial charge < -0.3 is 15.0 Å². The Labute approximate surface area is 124 Å². The van der Waals surface area contributed by atoms with Gasteiger partial charge in [0.15, 0.2) is 0 Å². The van der Waals surface area contributed by atoms with Crippen molar-refractivity contribution in [3.05, 3.63) is 0 Å². The zero-order chi connectivity index (χ0) is 15.2. The van der Waals surface area contributed by atoms with E-state index in [1.165, 1.54) is 12.8 Å². The molecule has 0 unspecified atom stereocenters. The highest BCUT2D eigenvalue weighted by Crippen LogP contribution is 2.15. The average molecular weight is 284 g/mol. The van der Waals surface area contributed by atoms with E-state index < -0.39 is 5.60 Å². The molecule has 1 heterocycles. The zero-order valence-electron chi connectivity index (χ0n) is 13.9. The molecule has 1 saturated heterocycles. The highest BCUT2D eigenvalue weighted by molar-refractivity contribution is 5.68. The lowest BCUT2D eigenvalue weighted by molar-refractivity contribution is 0.0243. The van der Waals surface area contributed by atoms with Crippen molar-refractivity contribution < 1.29 is 9.53 Å². The van der Waals surface area contributed by atoms with Crippen LogP contribution < -0.4 is 5.32 Å². The molecule has 4 heteroatoms. The predicted octanol–water partition coefficient (Wildman–Crippen LogP) is 3.41. The lowest BCUT2D eigenvalue weighted by Gasteiger charge is -2.28. The third-order valence-corrected chi connectivity index (χ3v) is 3.48. The fraction of sp³-hybridized carbons (Fsp3) is 0.938. The molecule has 1 aliphatic rings. The van der Waals surface area contributed by atoms with E-state index in [0.717, 1.165) is 38.4 Å². The summed E-state index contributed by atoms with van der Waals surface area (Å²) in [6.07, 6.45) is 4.41. The fourth-order valence-electron chi connectivity index (χ4n) is 2.38. The first-order valence-electron chi connectivity index (χ1n) is 7.99. The van der Waals surface area contributed by atoms with Gasteiger partial charge in [0.05, 0.1) is 0 Å². The molecule has 1 aliphatic heterocycles. The average Bonchev–Trinajstić information content (AvgIpc) is 2.52. The maximum absolute atomic E-state index is 12.2. The van der Waals surface area contributed by atoms with Crippen LogP contribution in [0.25, 0.3) is 0 Å². The van der Waals surface area contributed by atoms with Crippen molar-refractivity contribution in [1.82, 2.24) is 10.2 Å². The Hall–Kier alpha value is -0.770. The van der Waals surface area contributed by atoms with Crippen LogP contribution in [0.5, 0.6) is 0 Å². The summed E-state index contributed by atoms with van der Waals surface area (Å²) in [5.41, 5.74) is -0.413. The van der Waals surface area contributed by atoms with Crippen LogP contribution in [0.4, 0.5) is 4.79 Å². The largest absolute Gasteiger partial charge is 0.444 e. The molecule has 0 saturated carbocycles. The number of carbonyl (C=O) groups is 1. The number of carbonyl (C=O) groups excluding carboxylic acids is 1. The Bertz CT molecular complexity index is 297. The SMILES string of the molecule is CC(C)CCN[C@H]1CCCCN(C(=O)OC(C)(C)C)C1. The number of rotatable bonds is 4. The van der Waals surface area contributed by atoms with Gasteiger partial charge in [0.25, 0.3) is 0 Å². The van der Waals surface area contributed by atoms with E-state index in [4.69, 9.17) is 4.74 Å². The molecular formula is C16H32N2O2. The summed E-state index contributed by atoms with van der Waals surface area (Å²) in [6, 6.07) is 0.406. The van der Waals surface area contributed by atoms with Crippen LogP contribution in [0.3, 0.4) is 0 Å². The van der Waals surface area contributed by atoms with Crippen LogP contribution in [0.1, 0.15) is 60.3 Å². The number of amides is 1. The molecule has 0 aromatic rings. The number of nitrogens with one attached hydrogen (secondary N) is 1. The Kier molecular flexibility index (Phi) is 6.80. The van der Waals surface area contributed by atoms with Crippen molar-refractivity contribution in [2.75, 3.05) is 19.6 Å². The van der Waals surface area contributed by atoms with Gasteiger partial charge in [-0.15, -0.1) is 0 Å². The molecule has 118 valence electrons. The summed E-state index contributed by atoms with van der Waals surface area (Å²) in [5, 5.41) is 3.59. The molecule has 1 atom stereocenters. The lowest BCUT2D eigenvalue weighted by Crippen LogP contribution is -2.44. The molecule has 4 nitrogen and oxygen atoms in total. The Balaban J connectivity index is 2.45. The van der Waals surface area contributed by atoms with Crippen LogP contribution in [0, 0.1) is 5.92 Å². The number of hydrogen-bond donors (Lipinski definition) is 1.